The lowest BCUT2D eigenvalue weighted by atomic mass is 9.77. The fourth-order valence-corrected chi connectivity index (χ4v) is 3.79. The number of rotatable bonds is 5. The number of anilines is 1. The quantitative estimate of drug-likeness (QED) is 0.587. The molecule has 2 aromatic rings. The molecule has 0 amide bonds. The Hall–Kier alpha value is -2.04. The zero-order valence-corrected chi connectivity index (χ0v) is 14.5. The molecule has 1 fully saturated rings. The molecular formula is C21H23F4N. The molecule has 0 unspecified atom stereocenters. The van der Waals surface area contributed by atoms with Gasteiger partial charge in [0.15, 0.2) is 0 Å². The third kappa shape index (κ3) is 4.77. The molecule has 0 aromatic heterocycles. The highest BCUT2D eigenvalue weighted by molar-refractivity contribution is 5.45. The van der Waals surface area contributed by atoms with Crippen molar-refractivity contribution >= 4 is 5.69 Å². The summed E-state index contributed by atoms with van der Waals surface area (Å²) in [4.78, 5) is 0. The van der Waals surface area contributed by atoms with Gasteiger partial charge in [-0.3, -0.25) is 0 Å². The smallest absolute Gasteiger partial charge is 0.385 e. The highest BCUT2D eigenvalue weighted by Gasteiger charge is 2.33. The van der Waals surface area contributed by atoms with Gasteiger partial charge >= 0.3 is 6.18 Å². The first-order valence-corrected chi connectivity index (χ1v) is 9.09. The zero-order chi connectivity index (χ0) is 18.6. The predicted octanol–water partition coefficient (Wildman–Crippen LogP) is 6.62. The minimum absolute atomic E-state index is 0.397. The number of nitrogens with one attached hydrogen (secondary N) is 1. The van der Waals surface area contributed by atoms with E-state index in [1.807, 2.05) is 6.07 Å². The molecule has 1 aliphatic rings. The molecule has 1 saturated carbocycles. The average Bonchev–Trinajstić information content (AvgIpc) is 2.62. The average molecular weight is 365 g/mol. The van der Waals surface area contributed by atoms with Crippen molar-refractivity contribution < 1.29 is 17.6 Å². The topological polar surface area (TPSA) is 12.0 Å². The first kappa shape index (κ1) is 18.7. The molecule has 26 heavy (non-hydrogen) atoms. The summed E-state index contributed by atoms with van der Waals surface area (Å²) in [5, 5.41) is 3.05. The van der Waals surface area contributed by atoms with E-state index >= 15 is 0 Å². The van der Waals surface area contributed by atoms with Crippen LogP contribution in [-0.4, -0.2) is 6.54 Å². The number of alkyl halides is 3. The maximum Gasteiger partial charge on any atom is 0.419 e. The number of hydrogen-bond acceptors (Lipinski definition) is 1. The second-order valence-corrected chi connectivity index (χ2v) is 7.04. The molecule has 0 atom stereocenters. The van der Waals surface area contributed by atoms with Crippen LogP contribution >= 0.6 is 0 Å². The lowest BCUT2D eigenvalue weighted by Gasteiger charge is -2.29. The molecule has 1 N–H and O–H groups in total. The maximum atomic E-state index is 13.6. The Morgan fingerprint density at radius 1 is 0.923 bits per heavy atom. The van der Waals surface area contributed by atoms with E-state index in [-0.39, 0.29) is 0 Å². The van der Waals surface area contributed by atoms with Gasteiger partial charge in [-0.25, -0.2) is 4.39 Å². The van der Waals surface area contributed by atoms with Crippen molar-refractivity contribution in [2.45, 2.75) is 44.2 Å². The minimum atomic E-state index is -4.65. The van der Waals surface area contributed by atoms with E-state index in [0.29, 0.717) is 24.1 Å². The van der Waals surface area contributed by atoms with Gasteiger partial charge in [0.1, 0.15) is 5.82 Å². The first-order chi connectivity index (χ1) is 12.4. The van der Waals surface area contributed by atoms with Crippen molar-refractivity contribution in [3.8, 4) is 0 Å². The van der Waals surface area contributed by atoms with Gasteiger partial charge in [0.2, 0.25) is 0 Å². The Kier molecular flexibility index (Phi) is 5.84. The molecule has 1 nitrogen and oxygen atoms in total. The second kappa shape index (κ2) is 8.11. The normalized spacial score (nSPS) is 20.8. The summed E-state index contributed by atoms with van der Waals surface area (Å²) in [6.07, 6.45) is 0.947. The van der Waals surface area contributed by atoms with E-state index in [0.717, 1.165) is 31.4 Å². The summed E-state index contributed by atoms with van der Waals surface area (Å²) in [5.74, 6) is 0.0112. The van der Waals surface area contributed by atoms with Gasteiger partial charge in [-0.2, -0.15) is 13.2 Å². The molecule has 0 saturated heterocycles. The van der Waals surface area contributed by atoms with Crippen LogP contribution in [-0.2, 0) is 6.18 Å². The Morgan fingerprint density at radius 2 is 1.62 bits per heavy atom. The van der Waals surface area contributed by atoms with Crippen molar-refractivity contribution in [3.05, 3.63) is 65.5 Å². The van der Waals surface area contributed by atoms with Crippen LogP contribution in [0, 0.1) is 11.7 Å². The van der Waals surface area contributed by atoms with Gasteiger partial charge in [-0.1, -0.05) is 30.3 Å². The van der Waals surface area contributed by atoms with Crippen molar-refractivity contribution in [2.75, 3.05) is 11.9 Å². The van der Waals surface area contributed by atoms with Crippen LogP contribution in [0.15, 0.2) is 48.5 Å². The van der Waals surface area contributed by atoms with E-state index in [9.17, 15) is 17.6 Å². The van der Waals surface area contributed by atoms with E-state index in [1.165, 1.54) is 24.5 Å². The maximum absolute atomic E-state index is 13.6. The van der Waals surface area contributed by atoms with Crippen LogP contribution < -0.4 is 5.32 Å². The Bertz CT molecular complexity index is 704. The predicted molar refractivity (Wildman–Crippen MR) is 95.6 cm³/mol. The van der Waals surface area contributed by atoms with Crippen molar-refractivity contribution in [1.82, 2.24) is 0 Å². The molecule has 0 heterocycles. The number of benzene rings is 2. The molecule has 0 aliphatic heterocycles. The lowest BCUT2D eigenvalue weighted by molar-refractivity contribution is -0.139. The summed E-state index contributed by atoms with van der Waals surface area (Å²) in [7, 11) is 0. The molecule has 0 radical (unpaired) electrons. The van der Waals surface area contributed by atoms with Gasteiger partial charge in [0.25, 0.3) is 0 Å². The van der Waals surface area contributed by atoms with Gasteiger partial charge in [-0.15, -0.1) is 0 Å². The summed E-state index contributed by atoms with van der Waals surface area (Å²) in [6.45, 7) is 0.644. The van der Waals surface area contributed by atoms with Gasteiger partial charge in [0.05, 0.1) is 5.56 Å². The molecule has 2 aromatic carbocycles. The fraction of sp³-hybridized carbons (Fsp3) is 0.429. The molecule has 0 spiro atoms. The summed E-state index contributed by atoms with van der Waals surface area (Å²) < 4.78 is 51.3. The first-order valence-electron chi connectivity index (χ1n) is 9.09. The van der Waals surface area contributed by atoms with E-state index < -0.39 is 17.6 Å². The largest absolute Gasteiger partial charge is 0.419 e. The van der Waals surface area contributed by atoms with Gasteiger partial charge in [0, 0.05) is 12.2 Å². The van der Waals surface area contributed by atoms with E-state index in [2.05, 4.69) is 29.6 Å². The Balaban J connectivity index is 1.44. The van der Waals surface area contributed by atoms with Crippen LogP contribution in [0.25, 0.3) is 0 Å². The number of hydrogen-bond donors (Lipinski definition) is 1. The summed E-state index contributed by atoms with van der Waals surface area (Å²) in [6, 6.07) is 13.6. The molecule has 140 valence electrons. The SMILES string of the molecule is Fc1cc(NCCC2CCC(c3ccccc3)CC2)ccc1C(F)(F)F. The van der Waals surface area contributed by atoms with E-state index in [1.54, 1.807) is 0 Å². The van der Waals surface area contributed by atoms with Crippen LogP contribution in [0.3, 0.4) is 0 Å². The van der Waals surface area contributed by atoms with Crippen LogP contribution in [0.5, 0.6) is 0 Å². The van der Waals surface area contributed by atoms with Crippen LogP contribution in [0.2, 0.25) is 0 Å². The Morgan fingerprint density at radius 3 is 2.23 bits per heavy atom. The van der Waals surface area contributed by atoms with Crippen LogP contribution in [0.4, 0.5) is 23.2 Å². The standard InChI is InChI=1S/C21H23F4N/c22-20-14-18(10-11-19(20)21(23,24)25)26-13-12-15-6-8-17(9-7-15)16-4-2-1-3-5-16/h1-5,10-11,14-15,17,26H,6-9,12-13H2. The second-order valence-electron chi connectivity index (χ2n) is 7.04. The number of halogens is 4. The molecule has 1 aliphatic carbocycles. The lowest BCUT2D eigenvalue weighted by Crippen LogP contribution is -2.16. The monoisotopic (exact) mass is 365 g/mol. The Labute approximate surface area is 151 Å². The molecule has 0 bridgehead atoms. The summed E-state index contributed by atoms with van der Waals surface area (Å²) >= 11 is 0. The van der Waals surface area contributed by atoms with Crippen molar-refractivity contribution in [2.24, 2.45) is 5.92 Å². The van der Waals surface area contributed by atoms with Crippen molar-refractivity contribution in [1.29, 1.82) is 0 Å². The van der Waals surface area contributed by atoms with Gasteiger partial charge < -0.3 is 5.32 Å². The fourth-order valence-electron chi connectivity index (χ4n) is 3.79. The molecule has 3 rings (SSSR count). The van der Waals surface area contributed by atoms with Crippen molar-refractivity contribution in [3.63, 3.8) is 0 Å². The van der Waals surface area contributed by atoms with E-state index in [4.69, 9.17) is 0 Å². The van der Waals surface area contributed by atoms with Gasteiger partial charge in [-0.05, 0) is 67.7 Å². The highest BCUT2D eigenvalue weighted by Crippen LogP contribution is 2.37. The highest BCUT2D eigenvalue weighted by atomic mass is 19.4. The third-order valence-corrected chi connectivity index (χ3v) is 5.27. The zero-order valence-electron chi connectivity index (χ0n) is 14.5. The third-order valence-electron chi connectivity index (χ3n) is 5.27. The molecular weight excluding hydrogens is 342 g/mol. The molecule has 5 heteroatoms. The van der Waals surface area contributed by atoms with Crippen LogP contribution in [0.1, 0.15) is 49.1 Å². The summed E-state index contributed by atoms with van der Waals surface area (Å²) in [5.41, 5.74) is 0.583. The minimum Gasteiger partial charge on any atom is -0.385 e.